The molecule has 4 aromatic carbocycles. The summed E-state index contributed by atoms with van der Waals surface area (Å²) in [7, 11) is 0. The van der Waals surface area contributed by atoms with E-state index >= 15 is 0 Å². The van der Waals surface area contributed by atoms with Gasteiger partial charge in [0.1, 0.15) is 0 Å². The number of aryl methyl sites for hydroxylation is 2. The van der Waals surface area contributed by atoms with Gasteiger partial charge in [0.15, 0.2) is 18.4 Å². The molecule has 1 aromatic heterocycles. The minimum Gasteiger partial charge on any atom is -0.252 e. The molecule has 0 bridgehead atoms. The molecular formula is C29H27N2+. The van der Waals surface area contributed by atoms with Gasteiger partial charge in [0.2, 0.25) is 0 Å². The molecule has 5 aromatic rings. The average molecular weight is 404 g/mol. The van der Waals surface area contributed by atoms with Crippen LogP contribution in [-0.2, 0) is 19.4 Å². The standard InChI is InChI=1S/C29H27N2/c1-2-10-23(11-3-1)22-31-19-18-30-21-26(31)14-6-9-17-29-27-15-7-4-12-24(27)20-25-13-5-8-16-28(25)29/h1-5,7-8,10-13,15-16,18-21H,6,9,14,17,22H2/q+1. The van der Waals surface area contributed by atoms with Crippen molar-refractivity contribution in [3.63, 3.8) is 0 Å². The number of benzene rings is 4. The van der Waals surface area contributed by atoms with Gasteiger partial charge >= 0.3 is 0 Å². The van der Waals surface area contributed by atoms with Crippen LogP contribution in [0, 0.1) is 0 Å². The van der Waals surface area contributed by atoms with E-state index in [2.05, 4.69) is 101 Å². The van der Waals surface area contributed by atoms with E-state index < -0.39 is 0 Å². The average Bonchev–Trinajstić information content (AvgIpc) is 2.83. The molecule has 0 spiro atoms. The third kappa shape index (κ3) is 4.34. The van der Waals surface area contributed by atoms with Gasteiger partial charge in [-0.1, -0.05) is 78.9 Å². The SMILES string of the molecule is c1ccc(C[n+]2ccncc2CCCCc2c3ccccc3cc3ccccc23)cc1. The Bertz CT molecular complexity index is 1250. The van der Waals surface area contributed by atoms with Crippen molar-refractivity contribution in [2.24, 2.45) is 0 Å². The van der Waals surface area contributed by atoms with Crippen molar-refractivity contribution < 1.29 is 4.57 Å². The zero-order valence-corrected chi connectivity index (χ0v) is 17.7. The highest BCUT2D eigenvalue weighted by Gasteiger charge is 2.12. The minimum atomic E-state index is 0.895. The second kappa shape index (κ2) is 9.09. The third-order valence-corrected chi connectivity index (χ3v) is 6.11. The largest absolute Gasteiger partial charge is 0.252 e. The molecule has 1 heterocycles. The van der Waals surface area contributed by atoms with Crippen LogP contribution >= 0.6 is 0 Å². The fourth-order valence-electron chi connectivity index (χ4n) is 4.55. The molecule has 0 fully saturated rings. The second-order valence-electron chi connectivity index (χ2n) is 8.19. The van der Waals surface area contributed by atoms with Gasteiger partial charge in [-0.15, -0.1) is 0 Å². The van der Waals surface area contributed by atoms with E-state index in [4.69, 9.17) is 0 Å². The van der Waals surface area contributed by atoms with Crippen molar-refractivity contribution in [1.82, 2.24) is 4.98 Å². The predicted molar refractivity (Wildman–Crippen MR) is 128 cm³/mol. The van der Waals surface area contributed by atoms with Gasteiger partial charge in [-0.05, 0) is 52.4 Å². The first-order valence-electron chi connectivity index (χ1n) is 11.1. The molecule has 0 aliphatic rings. The van der Waals surface area contributed by atoms with Crippen LogP contribution in [-0.4, -0.2) is 4.98 Å². The van der Waals surface area contributed by atoms with Gasteiger partial charge < -0.3 is 0 Å². The molecule has 0 radical (unpaired) electrons. The summed E-state index contributed by atoms with van der Waals surface area (Å²) in [5, 5.41) is 5.46. The number of rotatable bonds is 7. The molecular weight excluding hydrogens is 376 g/mol. The van der Waals surface area contributed by atoms with E-state index in [-0.39, 0.29) is 0 Å². The second-order valence-corrected chi connectivity index (χ2v) is 8.19. The Balaban J connectivity index is 1.32. The van der Waals surface area contributed by atoms with Crippen LogP contribution in [0.5, 0.6) is 0 Å². The molecule has 0 saturated heterocycles. The van der Waals surface area contributed by atoms with E-state index in [1.807, 2.05) is 12.4 Å². The molecule has 0 aliphatic heterocycles. The van der Waals surface area contributed by atoms with Crippen molar-refractivity contribution in [2.45, 2.75) is 32.2 Å². The molecule has 0 aliphatic carbocycles. The lowest BCUT2D eigenvalue weighted by atomic mass is 9.93. The van der Waals surface area contributed by atoms with Crippen LogP contribution < -0.4 is 4.57 Å². The van der Waals surface area contributed by atoms with Crippen molar-refractivity contribution in [3.8, 4) is 0 Å². The first-order chi connectivity index (χ1) is 15.4. The van der Waals surface area contributed by atoms with E-state index in [1.165, 1.54) is 38.4 Å². The Kier molecular flexibility index (Phi) is 5.70. The third-order valence-electron chi connectivity index (χ3n) is 6.11. The molecule has 152 valence electrons. The highest BCUT2D eigenvalue weighted by atomic mass is 15.0. The van der Waals surface area contributed by atoms with E-state index in [0.717, 1.165) is 32.2 Å². The maximum Gasteiger partial charge on any atom is 0.200 e. The highest BCUT2D eigenvalue weighted by Crippen LogP contribution is 2.29. The molecule has 0 amide bonds. The number of nitrogens with zero attached hydrogens (tertiary/aromatic N) is 2. The monoisotopic (exact) mass is 403 g/mol. The molecule has 2 heteroatoms. The molecule has 31 heavy (non-hydrogen) atoms. The molecule has 0 saturated carbocycles. The summed E-state index contributed by atoms with van der Waals surface area (Å²) in [6.07, 6.45) is 10.5. The van der Waals surface area contributed by atoms with E-state index in [9.17, 15) is 0 Å². The van der Waals surface area contributed by atoms with Crippen molar-refractivity contribution in [1.29, 1.82) is 0 Å². The summed E-state index contributed by atoms with van der Waals surface area (Å²) in [4.78, 5) is 4.38. The number of hydrogen-bond donors (Lipinski definition) is 0. The van der Waals surface area contributed by atoms with Gasteiger partial charge in [0.05, 0.1) is 12.4 Å². The van der Waals surface area contributed by atoms with Crippen molar-refractivity contribution in [3.05, 3.63) is 120 Å². The Morgan fingerprint density at radius 2 is 1.32 bits per heavy atom. The molecule has 0 N–H and O–H groups in total. The first kappa shape index (κ1) is 19.4. The van der Waals surface area contributed by atoms with Crippen LogP contribution in [0.2, 0.25) is 0 Å². The lowest BCUT2D eigenvalue weighted by molar-refractivity contribution is -0.696. The first-order valence-corrected chi connectivity index (χ1v) is 11.1. The molecule has 2 nitrogen and oxygen atoms in total. The highest BCUT2D eigenvalue weighted by molar-refractivity contribution is 6.02. The van der Waals surface area contributed by atoms with Gasteiger partial charge in [-0.25, -0.2) is 0 Å². The summed E-state index contributed by atoms with van der Waals surface area (Å²) < 4.78 is 2.33. The summed E-state index contributed by atoms with van der Waals surface area (Å²) in [5.74, 6) is 0. The van der Waals surface area contributed by atoms with Crippen LogP contribution in [0.25, 0.3) is 21.5 Å². The molecule has 0 atom stereocenters. The lowest BCUT2D eigenvalue weighted by Gasteiger charge is -2.11. The molecule has 5 rings (SSSR count). The van der Waals surface area contributed by atoms with E-state index in [0.29, 0.717) is 0 Å². The normalized spacial score (nSPS) is 11.2. The van der Waals surface area contributed by atoms with Crippen LogP contribution in [0.4, 0.5) is 0 Å². The zero-order valence-electron chi connectivity index (χ0n) is 17.7. The van der Waals surface area contributed by atoms with Crippen molar-refractivity contribution >= 4 is 21.5 Å². The summed E-state index contributed by atoms with van der Waals surface area (Å²) in [6.45, 7) is 0.895. The van der Waals surface area contributed by atoms with Crippen LogP contribution in [0.3, 0.4) is 0 Å². The van der Waals surface area contributed by atoms with E-state index in [1.54, 1.807) is 0 Å². The Hall–Kier alpha value is -3.52. The summed E-state index contributed by atoms with van der Waals surface area (Å²) in [5.41, 5.74) is 4.10. The van der Waals surface area contributed by atoms with Crippen molar-refractivity contribution in [2.75, 3.05) is 0 Å². The van der Waals surface area contributed by atoms with Gasteiger partial charge in [0, 0.05) is 12.0 Å². The smallest absolute Gasteiger partial charge is 0.200 e. The molecule has 0 unspecified atom stereocenters. The number of hydrogen-bond acceptors (Lipinski definition) is 1. The van der Waals surface area contributed by atoms with Crippen LogP contribution in [0.15, 0.2) is 104 Å². The quantitative estimate of drug-likeness (QED) is 0.177. The maximum atomic E-state index is 4.38. The van der Waals surface area contributed by atoms with Gasteiger partial charge in [0.25, 0.3) is 0 Å². The summed E-state index contributed by atoms with van der Waals surface area (Å²) in [6, 6.07) is 30.5. The predicted octanol–water partition coefficient (Wildman–Crippen LogP) is 6.29. The Morgan fingerprint density at radius 1 is 0.677 bits per heavy atom. The Morgan fingerprint density at radius 3 is 2.06 bits per heavy atom. The van der Waals surface area contributed by atoms with Gasteiger partial charge in [-0.3, -0.25) is 4.98 Å². The fraction of sp³-hybridized carbons (Fsp3) is 0.172. The number of fused-ring (bicyclic) bond motifs is 2. The van der Waals surface area contributed by atoms with Gasteiger partial charge in [-0.2, -0.15) is 4.57 Å². The van der Waals surface area contributed by atoms with Crippen LogP contribution in [0.1, 0.15) is 29.7 Å². The Labute approximate surface area is 183 Å². The topological polar surface area (TPSA) is 16.8 Å². The number of unbranched alkanes of at least 4 members (excludes halogenated alkanes) is 1. The number of aromatic nitrogens is 2. The minimum absolute atomic E-state index is 0.895. The lowest BCUT2D eigenvalue weighted by Crippen LogP contribution is -2.38. The zero-order chi connectivity index (χ0) is 20.9. The summed E-state index contributed by atoms with van der Waals surface area (Å²) >= 11 is 0. The fourth-order valence-corrected chi connectivity index (χ4v) is 4.55. The maximum absolute atomic E-state index is 4.38.